The Morgan fingerprint density at radius 3 is 2.66 bits per heavy atom. The predicted molar refractivity (Wildman–Crippen MR) is 122 cm³/mol. The first-order valence-electron chi connectivity index (χ1n) is 9.73. The third-order valence-corrected chi connectivity index (χ3v) is 5.82. The number of primary amides is 1. The van der Waals surface area contributed by atoms with Crippen molar-refractivity contribution in [2.24, 2.45) is 5.73 Å². The lowest BCUT2D eigenvalue weighted by molar-refractivity contribution is -0.117. The summed E-state index contributed by atoms with van der Waals surface area (Å²) in [5, 5.41) is 10.2. The first-order chi connectivity index (χ1) is 15.4. The number of para-hydroxylation sites is 1. The lowest BCUT2D eigenvalue weighted by Crippen LogP contribution is -2.24. The summed E-state index contributed by atoms with van der Waals surface area (Å²) in [7, 11) is 0. The number of halogens is 2. The van der Waals surface area contributed by atoms with Crippen LogP contribution in [0.3, 0.4) is 0 Å². The fraction of sp³-hybridized carbons (Fsp3) is 0.125. The molecule has 1 heterocycles. The zero-order valence-corrected chi connectivity index (χ0v) is 18.2. The van der Waals surface area contributed by atoms with Gasteiger partial charge in [-0.15, -0.1) is 0 Å². The molecule has 4 rings (SSSR count). The van der Waals surface area contributed by atoms with Crippen LogP contribution in [0.5, 0.6) is 11.5 Å². The van der Waals surface area contributed by atoms with Gasteiger partial charge in [0.15, 0.2) is 5.75 Å². The largest absolute Gasteiger partial charge is 0.454 e. The van der Waals surface area contributed by atoms with Crippen molar-refractivity contribution in [3.05, 3.63) is 87.4 Å². The number of ether oxygens (including phenoxy) is 1. The van der Waals surface area contributed by atoms with Gasteiger partial charge in [-0.05, 0) is 42.5 Å². The molecule has 3 aromatic carbocycles. The average Bonchev–Trinajstić information content (AvgIpc) is 3.16. The van der Waals surface area contributed by atoms with Crippen molar-refractivity contribution in [2.45, 2.75) is 12.3 Å². The Morgan fingerprint density at radius 2 is 1.91 bits per heavy atom. The number of carbonyl (C=O) groups excluding carboxylic acids is 2. The van der Waals surface area contributed by atoms with E-state index in [4.69, 9.17) is 33.7 Å². The summed E-state index contributed by atoms with van der Waals surface area (Å²) in [6.07, 6.45) is 0.242. The minimum absolute atomic E-state index is 0.0898. The van der Waals surface area contributed by atoms with Gasteiger partial charge < -0.3 is 15.4 Å². The van der Waals surface area contributed by atoms with Crippen molar-refractivity contribution < 1.29 is 14.3 Å². The highest BCUT2D eigenvalue weighted by Crippen LogP contribution is 2.41. The molecule has 0 aliphatic carbocycles. The molecule has 0 spiro atoms. The van der Waals surface area contributed by atoms with Crippen molar-refractivity contribution in [1.82, 2.24) is 0 Å². The Balaban J connectivity index is 1.67. The van der Waals surface area contributed by atoms with Crippen LogP contribution in [0.25, 0.3) is 0 Å². The van der Waals surface area contributed by atoms with E-state index in [0.29, 0.717) is 33.6 Å². The van der Waals surface area contributed by atoms with Crippen molar-refractivity contribution in [3.63, 3.8) is 0 Å². The number of benzene rings is 3. The summed E-state index contributed by atoms with van der Waals surface area (Å²) in [6.45, 7) is 0.382. The summed E-state index contributed by atoms with van der Waals surface area (Å²) in [5.41, 5.74) is 7.35. The van der Waals surface area contributed by atoms with E-state index in [1.807, 2.05) is 6.07 Å². The van der Waals surface area contributed by atoms with Crippen molar-refractivity contribution in [3.8, 4) is 17.6 Å². The fourth-order valence-corrected chi connectivity index (χ4v) is 4.11. The lowest BCUT2D eigenvalue weighted by Gasteiger charge is -2.19. The number of rotatable bonds is 5. The molecule has 1 saturated heterocycles. The number of nitrogens with zero attached hydrogens (tertiary/aromatic N) is 2. The summed E-state index contributed by atoms with van der Waals surface area (Å²) < 4.78 is 6.05. The van der Waals surface area contributed by atoms with Crippen molar-refractivity contribution >= 4 is 40.7 Å². The van der Waals surface area contributed by atoms with E-state index in [0.717, 1.165) is 5.56 Å². The van der Waals surface area contributed by atoms with Crippen molar-refractivity contribution in [1.29, 1.82) is 5.26 Å². The third kappa shape index (κ3) is 4.26. The number of nitrogens with two attached hydrogens (primary N) is 1. The molecule has 160 valence electrons. The molecule has 0 bridgehead atoms. The molecule has 2 N–H and O–H groups in total. The predicted octanol–water partition coefficient (Wildman–Crippen LogP) is 5.28. The Labute approximate surface area is 194 Å². The Kier molecular flexibility index (Phi) is 6.04. The molecule has 8 heteroatoms. The lowest BCUT2D eigenvalue weighted by atomic mass is 9.97. The molecule has 32 heavy (non-hydrogen) atoms. The minimum atomic E-state index is -0.559. The maximum Gasteiger partial charge on any atom is 0.248 e. The molecule has 0 aromatic heterocycles. The third-order valence-electron chi connectivity index (χ3n) is 5.28. The number of nitriles is 1. The number of hydrogen-bond acceptors (Lipinski definition) is 4. The van der Waals surface area contributed by atoms with E-state index >= 15 is 0 Å². The topological polar surface area (TPSA) is 96.4 Å². The van der Waals surface area contributed by atoms with Crippen molar-refractivity contribution in [2.75, 3.05) is 11.4 Å². The quantitative estimate of drug-likeness (QED) is 0.554. The van der Waals surface area contributed by atoms with Crippen LogP contribution in [0.15, 0.2) is 60.7 Å². The molecule has 0 saturated carbocycles. The summed E-state index contributed by atoms with van der Waals surface area (Å²) in [6, 6.07) is 18.8. The van der Waals surface area contributed by atoms with Gasteiger partial charge in [-0.3, -0.25) is 9.59 Å². The van der Waals surface area contributed by atoms with Gasteiger partial charge in [-0.1, -0.05) is 41.4 Å². The zero-order chi connectivity index (χ0) is 22.8. The van der Waals surface area contributed by atoms with E-state index in [1.165, 1.54) is 0 Å². The highest BCUT2D eigenvalue weighted by Gasteiger charge is 2.33. The molecule has 1 aliphatic heterocycles. The molecular weight excluding hydrogens is 449 g/mol. The maximum absolute atomic E-state index is 12.8. The Morgan fingerprint density at radius 1 is 1.12 bits per heavy atom. The van der Waals surface area contributed by atoms with Gasteiger partial charge in [-0.25, -0.2) is 0 Å². The normalized spacial score (nSPS) is 15.5. The molecule has 1 unspecified atom stereocenters. The smallest absolute Gasteiger partial charge is 0.248 e. The Bertz CT molecular complexity index is 1270. The molecule has 0 radical (unpaired) electrons. The van der Waals surface area contributed by atoms with Gasteiger partial charge in [0.1, 0.15) is 11.8 Å². The zero-order valence-electron chi connectivity index (χ0n) is 16.7. The van der Waals surface area contributed by atoms with Crippen LogP contribution in [0.1, 0.15) is 33.8 Å². The summed E-state index contributed by atoms with van der Waals surface area (Å²) in [5.74, 6) is -0.187. The van der Waals surface area contributed by atoms with Gasteiger partial charge in [0.25, 0.3) is 0 Å². The first-order valence-corrected chi connectivity index (χ1v) is 10.5. The van der Waals surface area contributed by atoms with E-state index < -0.39 is 5.91 Å². The van der Waals surface area contributed by atoms with Gasteiger partial charge in [0, 0.05) is 40.7 Å². The molecule has 1 aliphatic rings. The van der Waals surface area contributed by atoms with Gasteiger partial charge in [-0.2, -0.15) is 5.26 Å². The highest BCUT2D eigenvalue weighted by molar-refractivity contribution is 6.32. The Hall–Kier alpha value is -3.53. The van der Waals surface area contributed by atoms with Crippen LogP contribution in [0.2, 0.25) is 10.0 Å². The average molecular weight is 466 g/mol. The number of carbonyl (C=O) groups is 2. The standard InChI is InChI=1S/C24H17Cl2N3O3/c25-17-7-8-19(21(11-17)32-23-15(12-27)4-2-6-20(23)26)16-10-22(30)29(13-16)18-5-1-3-14(9-18)24(28)31/h1-9,11,16H,10,13H2,(H2,28,31). The summed E-state index contributed by atoms with van der Waals surface area (Å²) >= 11 is 12.5. The van der Waals surface area contributed by atoms with E-state index in [9.17, 15) is 14.9 Å². The number of anilines is 1. The van der Waals surface area contributed by atoms with Crippen LogP contribution in [-0.2, 0) is 4.79 Å². The van der Waals surface area contributed by atoms with Crippen LogP contribution >= 0.6 is 23.2 Å². The van der Waals surface area contributed by atoms with E-state index in [1.54, 1.807) is 59.5 Å². The number of amides is 2. The molecular formula is C24H17Cl2N3O3. The van der Waals surface area contributed by atoms with Gasteiger partial charge >= 0.3 is 0 Å². The molecule has 2 amide bonds. The van der Waals surface area contributed by atoms with Gasteiger partial charge in [0.2, 0.25) is 11.8 Å². The van der Waals surface area contributed by atoms with E-state index in [-0.39, 0.29) is 29.6 Å². The second-order valence-electron chi connectivity index (χ2n) is 7.33. The van der Waals surface area contributed by atoms with Gasteiger partial charge in [0.05, 0.1) is 10.6 Å². The SMILES string of the molecule is N#Cc1cccc(Cl)c1Oc1cc(Cl)ccc1C1CC(=O)N(c2cccc(C(N)=O)c2)C1. The second kappa shape index (κ2) is 8.91. The van der Waals surface area contributed by atoms with E-state index in [2.05, 4.69) is 6.07 Å². The second-order valence-corrected chi connectivity index (χ2v) is 8.18. The fourth-order valence-electron chi connectivity index (χ4n) is 3.74. The molecule has 1 atom stereocenters. The van der Waals surface area contributed by atoms with Crippen LogP contribution in [0, 0.1) is 11.3 Å². The highest BCUT2D eigenvalue weighted by atomic mass is 35.5. The molecule has 1 fully saturated rings. The monoisotopic (exact) mass is 465 g/mol. The minimum Gasteiger partial charge on any atom is -0.454 e. The molecule has 6 nitrogen and oxygen atoms in total. The molecule has 3 aromatic rings. The number of hydrogen-bond donors (Lipinski definition) is 1. The van der Waals surface area contributed by atoms with Crippen LogP contribution in [-0.4, -0.2) is 18.4 Å². The summed E-state index contributed by atoms with van der Waals surface area (Å²) in [4.78, 5) is 25.9. The first kappa shape index (κ1) is 21.7. The maximum atomic E-state index is 12.8. The van der Waals surface area contributed by atoms with Crippen LogP contribution in [0.4, 0.5) is 5.69 Å². The van der Waals surface area contributed by atoms with Crippen LogP contribution < -0.4 is 15.4 Å².